The molecule has 0 radical (unpaired) electrons. The first kappa shape index (κ1) is 30.8. The van der Waals surface area contributed by atoms with Gasteiger partial charge in [-0.25, -0.2) is 16.8 Å². The van der Waals surface area contributed by atoms with E-state index in [1.807, 2.05) is 0 Å². The van der Waals surface area contributed by atoms with Crippen LogP contribution in [0.25, 0.3) is 0 Å². The Morgan fingerprint density at radius 2 is 1.17 bits per heavy atom. The summed E-state index contributed by atoms with van der Waals surface area (Å²) in [6.45, 7) is -1.23. The second-order valence-corrected chi connectivity index (χ2v) is 12.3. The Labute approximate surface area is 230 Å². The van der Waals surface area contributed by atoms with Gasteiger partial charge in [-0.15, -0.1) is 6.58 Å². The molecule has 0 saturated carbocycles. The van der Waals surface area contributed by atoms with Gasteiger partial charge in [-0.1, -0.05) is 6.08 Å². The number of nitrogens with zero attached hydrogens (tertiary/aromatic N) is 6. The molecule has 1 atom stereocenters. The van der Waals surface area contributed by atoms with Gasteiger partial charge < -0.3 is 0 Å². The van der Waals surface area contributed by atoms with Crippen LogP contribution in [0.5, 0.6) is 0 Å². The van der Waals surface area contributed by atoms with Gasteiger partial charge >= 0.3 is 5.66 Å². The van der Waals surface area contributed by atoms with E-state index in [2.05, 4.69) is 6.58 Å². The molecule has 0 amide bonds. The first-order valence-electron chi connectivity index (χ1n) is 10.9. The average molecular weight is 615 g/mol. The van der Waals surface area contributed by atoms with Crippen molar-refractivity contribution < 1.29 is 41.3 Å². The van der Waals surface area contributed by atoms with E-state index < -0.39 is 98.0 Å². The Balaban J connectivity index is 2.19. The molecule has 3 rings (SSSR count). The number of nitro groups is 4. The molecule has 1 fully saturated rings. The van der Waals surface area contributed by atoms with Crippen molar-refractivity contribution in [1.82, 2.24) is 8.61 Å². The molecule has 0 spiro atoms. The zero-order valence-corrected chi connectivity index (χ0v) is 22.0. The summed E-state index contributed by atoms with van der Waals surface area (Å²) >= 11 is 0. The first-order valence-corrected chi connectivity index (χ1v) is 13.8. The van der Waals surface area contributed by atoms with Crippen molar-refractivity contribution in [3.8, 4) is 0 Å². The maximum atomic E-state index is 13.5. The molecule has 41 heavy (non-hydrogen) atoms. The Kier molecular flexibility index (Phi) is 8.29. The third-order valence-corrected chi connectivity index (χ3v) is 9.70. The predicted octanol–water partition coefficient (Wildman–Crippen LogP) is 0.572. The predicted molar refractivity (Wildman–Crippen MR) is 135 cm³/mol. The molecular weight excluding hydrogens is 596 g/mol. The third kappa shape index (κ3) is 5.63. The number of hydrogen-bond donors (Lipinski definition) is 0. The van der Waals surface area contributed by atoms with Crippen molar-refractivity contribution in [3.05, 3.63) is 102 Å². The second kappa shape index (κ2) is 11.0. The number of rotatable bonds is 9. The molecule has 1 saturated heterocycles. The van der Waals surface area contributed by atoms with Crippen molar-refractivity contribution >= 4 is 37.2 Å². The number of non-ortho nitro benzene ring substituents is 2. The maximum absolute atomic E-state index is 13.5. The van der Waals surface area contributed by atoms with E-state index in [-0.39, 0.29) is 8.61 Å². The van der Waals surface area contributed by atoms with Crippen LogP contribution in [-0.2, 0) is 24.8 Å². The lowest BCUT2D eigenvalue weighted by molar-refractivity contribution is -0.794. The van der Waals surface area contributed by atoms with Gasteiger partial charge in [-0.3, -0.25) is 45.3 Å². The van der Waals surface area contributed by atoms with Crippen LogP contribution in [0.2, 0.25) is 0 Å². The van der Waals surface area contributed by atoms with Crippen LogP contribution in [0.3, 0.4) is 0 Å². The van der Waals surface area contributed by atoms with Crippen LogP contribution < -0.4 is 0 Å². The lowest BCUT2D eigenvalue weighted by atomic mass is 10.1. The van der Waals surface area contributed by atoms with Crippen molar-refractivity contribution in [2.45, 2.75) is 21.5 Å². The van der Waals surface area contributed by atoms with Gasteiger partial charge in [0.2, 0.25) is 20.0 Å². The van der Waals surface area contributed by atoms with Gasteiger partial charge in [-0.2, -0.15) is 8.61 Å². The number of Topliss-reactive ketones (excluding diaryl/α,β-unsaturated/α-hetero) is 1. The molecule has 0 N–H and O–H groups in total. The number of hydrogen-bond acceptors (Lipinski definition) is 13. The highest BCUT2D eigenvalue weighted by atomic mass is 32.2. The molecule has 21 heteroatoms. The minimum absolute atomic E-state index is 0.116. The number of benzene rings is 2. The van der Waals surface area contributed by atoms with Gasteiger partial charge in [0.1, 0.15) is 15.9 Å². The molecular formula is C20H18N6O13S2. The molecule has 2 aromatic rings. The van der Waals surface area contributed by atoms with Crippen molar-refractivity contribution in [1.29, 1.82) is 0 Å². The standard InChI is InChI=1S/C20H18N6O13S2/c1-2-18-19(27)11-21(40(36,37)16-7-3-14(4-8-16)23(28)29)12-20(25(32)33,26(34)35)13-22(18)41(38,39)17-9-5-15(6-10-17)24(30)31/h2-10,18H,1,11-13H2. The highest BCUT2D eigenvalue weighted by Crippen LogP contribution is 2.30. The smallest absolute Gasteiger partial charge is 0.296 e. The summed E-state index contributed by atoms with van der Waals surface area (Å²) in [5, 5.41) is 46.2. The van der Waals surface area contributed by atoms with Crippen LogP contribution in [0, 0.1) is 40.5 Å². The molecule has 1 unspecified atom stereocenters. The fourth-order valence-corrected chi connectivity index (χ4v) is 6.96. The van der Waals surface area contributed by atoms with E-state index in [1.165, 1.54) is 0 Å². The summed E-state index contributed by atoms with van der Waals surface area (Å²) in [6.07, 6.45) is 0.692. The summed E-state index contributed by atoms with van der Waals surface area (Å²) in [4.78, 5) is 53.3. The minimum Gasteiger partial charge on any atom is -0.296 e. The van der Waals surface area contributed by atoms with Gasteiger partial charge in [0.25, 0.3) is 11.4 Å². The van der Waals surface area contributed by atoms with E-state index in [4.69, 9.17) is 0 Å². The summed E-state index contributed by atoms with van der Waals surface area (Å²) in [5.74, 6) is -1.20. The number of carbonyl (C=O) groups is 1. The van der Waals surface area contributed by atoms with E-state index >= 15 is 0 Å². The van der Waals surface area contributed by atoms with E-state index in [1.54, 1.807) is 0 Å². The molecule has 0 aliphatic carbocycles. The van der Waals surface area contributed by atoms with Crippen LogP contribution in [0.15, 0.2) is 71.0 Å². The van der Waals surface area contributed by atoms with Crippen LogP contribution >= 0.6 is 0 Å². The van der Waals surface area contributed by atoms with Crippen LogP contribution in [-0.4, -0.2) is 82.3 Å². The Hall–Kier alpha value is -4.73. The third-order valence-electron chi connectivity index (χ3n) is 6.05. The molecule has 1 aliphatic rings. The SMILES string of the molecule is C=CC1C(=O)CN(S(=O)(=O)c2ccc([N+](=O)[O-])cc2)CC([N+](=O)[O-])([N+](=O)[O-])CN1S(=O)(=O)c1ccc([N+](=O)[O-])cc1. The Morgan fingerprint density at radius 1 is 0.756 bits per heavy atom. The number of nitro benzene ring substituents is 2. The molecule has 2 aromatic carbocycles. The first-order chi connectivity index (χ1) is 19.0. The van der Waals surface area contributed by atoms with E-state index in [0.717, 1.165) is 48.5 Å². The zero-order chi connectivity index (χ0) is 30.9. The molecule has 0 aromatic heterocycles. The number of ketones is 1. The summed E-state index contributed by atoms with van der Waals surface area (Å²) in [6, 6.07) is 4.12. The molecule has 1 heterocycles. The zero-order valence-electron chi connectivity index (χ0n) is 20.4. The summed E-state index contributed by atoms with van der Waals surface area (Å²) in [5.41, 5.74) is -4.61. The highest BCUT2D eigenvalue weighted by Gasteiger charge is 2.63. The van der Waals surface area contributed by atoms with Crippen molar-refractivity contribution in [2.24, 2.45) is 0 Å². The molecule has 19 nitrogen and oxygen atoms in total. The average Bonchev–Trinajstić information content (AvgIpc) is 2.90. The van der Waals surface area contributed by atoms with Crippen molar-refractivity contribution in [2.75, 3.05) is 19.6 Å². The van der Waals surface area contributed by atoms with Crippen molar-refractivity contribution in [3.63, 3.8) is 0 Å². The fourth-order valence-electron chi connectivity index (χ4n) is 3.88. The quantitative estimate of drug-likeness (QED) is 0.162. The topological polar surface area (TPSA) is 264 Å². The summed E-state index contributed by atoms with van der Waals surface area (Å²) < 4.78 is 53.9. The largest absolute Gasteiger partial charge is 0.485 e. The molecule has 1 aliphatic heterocycles. The fraction of sp³-hybridized carbons (Fsp3) is 0.250. The van der Waals surface area contributed by atoms with E-state index in [9.17, 15) is 62.1 Å². The van der Waals surface area contributed by atoms with Gasteiger partial charge in [0.15, 0.2) is 18.9 Å². The highest BCUT2D eigenvalue weighted by molar-refractivity contribution is 7.89. The van der Waals surface area contributed by atoms with Crippen LogP contribution in [0.4, 0.5) is 11.4 Å². The van der Waals surface area contributed by atoms with Gasteiger partial charge in [-0.05, 0) is 24.3 Å². The van der Waals surface area contributed by atoms with Crippen LogP contribution in [0.1, 0.15) is 0 Å². The lowest BCUT2D eigenvalue weighted by Crippen LogP contribution is -2.66. The normalized spacial score (nSPS) is 18.5. The van der Waals surface area contributed by atoms with Gasteiger partial charge in [0.05, 0.1) is 26.2 Å². The minimum atomic E-state index is -5.02. The number of carbonyl (C=O) groups excluding carboxylic acids is 1. The van der Waals surface area contributed by atoms with Gasteiger partial charge in [0, 0.05) is 24.3 Å². The Morgan fingerprint density at radius 3 is 1.54 bits per heavy atom. The molecule has 218 valence electrons. The number of sulfonamides is 2. The monoisotopic (exact) mass is 614 g/mol. The Bertz CT molecular complexity index is 1640. The lowest BCUT2D eigenvalue weighted by Gasteiger charge is -2.35. The second-order valence-electron chi connectivity index (χ2n) is 8.47. The van der Waals surface area contributed by atoms with E-state index in [0.29, 0.717) is 6.08 Å². The molecule has 0 bridgehead atoms. The maximum Gasteiger partial charge on any atom is 0.485 e. The summed E-state index contributed by atoms with van der Waals surface area (Å²) in [7, 11) is -9.97.